The van der Waals surface area contributed by atoms with Gasteiger partial charge in [-0.2, -0.15) is 0 Å². The standard InChI is InChI=1S/C14H13NO2/c1-15-9-12(10-5-2-3-7-13(10)15)11-6-4-8-17-14(11)16/h2-7,9,11H,8H2,1H3. The number of nitrogens with zero attached hydrogens (tertiary/aromatic N) is 1. The van der Waals surface area contributed by atoms with Crippen LogP contribution in [0.4, 0.5) is 0 Å². The van der Waals surface area contributed by atoms with Gasteiger partial charge in [-0.1, -0.05) is 30.4 Å². The van der Waals surface area contributed by atoms with Gasteiger partial charge >= 0.3 is 5.97 Å². The quantitative estimate of drug-likeness (QED) is 0.553. The van der Waals surface area contributed by atoms with Crippen molar-refractivity contribution in [1.82, 2.24) is 4.57 Å². The summed E-state index contributed by atoms with van der Waals surface area (Å²) < 4.78 is 7.11. The van der Waals surface area contributed by atoms with Crippen molar-refractivity contribution in [2.24, 2.45) is 7.05 Å². The average Bonchev–Trinajstić information content (AvgIpc) is 2.68. The third kappa shape index (κ3) is 1.55. The first-order valence-corrected chi connectivity index (χ1v) is 5.64. The summed E-state index contributed by atoms with van der Waals surface area (Å²) in [6, 6.07) is 8.09. The Kier molecular flexibility index (Phi) is 2.25. The molecule has 86 valence electrons. The monoisotopic (exact) mass is 227 g/mol. The predicted molar refractivity (Wildman–Crippen MR) is 65.8 cm³/mol. The first-order chi connectivity index (χ1) is 8.27. The normalized spacial score (nSPS) is 19.6. The number of esters is 1. The zero-order valence-corrected chi connectivity index (χ0v) is 9.59. The minimum absolute atomic E-state index is 0.163. The lowest BCUT2D eigenvalue weighted by molar-refractivity contribution is -0.143. The molecule has 3 nitrogen and oxygen atoms in total. The molecule has 17 heavy (non-hydrogen) atoms. The van der Waals surface area contributed by atoms with Crippen molar-refractivity contribution in [3.8, 4) is 0 Å². The molecule has 0 saturated heterocycles. The molecular weight excluding hydrogens is 214 g/mol. The lowest BCUT2D eigenvalue weighted by atomic mass is 9.97. The van der Waals surface area contributed by atoms with E-state index in [0.717, 1.165) is 16.5 Å². The van der Waals surface area contributed by atoms with E-state index in [1.807, 2.05) is 48.2 Å². The Labute approximate surface area is 99.3 Å². The number of hydrogen-bond donors (Lipinski definition) is 0. The Bertz CT molecular complexity index is 610. The van der Waals surface area contributed by atoms with Crippen LogP contribution in [-0.4, -0.2) is 17.1 Å². The SMILES string of the molecule is Cn1cc(C2C=CCOC2=O)c2ccccc21. The molecule has 1 aliphatic rings. The van der Waals surface area contributed by atoms with E-state index in [9.17, 15) is 4.79 Å². The summed E-state index contributed by atoms with van der Waals surface area (Å²) in [5.41, 5.74) is 2.15. The fraction of sp³-hybridized carbons (Fsp3) is 0.214. The second-order valence-corrected chi connectivity index (χ2v) is 4.25. The zero-order chi connectivity index (χ0) is 11.8. The van der Waals surface area contributed by atoms with Crippen molar-refractivity contribution in [2.75, 3.05) is 6.61 Å². The molecule has 0 saturated carbocycles. The Morgan fingerprint density at radius 2 is 2.18 bits per heavy atom. The van der Waals surface area contributed by atoms with Gasteiger partial charge in [0.05, 0.1) is 0 Å². The lowest BCUT2D eigenvalue weighted by Crippen LogP contribution is -2.17. The van der Waals surface area contributed by atoms with Crippen LogP contribution in [0.5, 0.6) is 0 Å². The number of aryl methyl sites for hydroxylation is 1. The molecule has 0 amide bonds. The zero-order valence-electron chi connectivity index (χ0n) is 9.59. The highest BCUT2D eigenvalue weighted by Crippen LogP contribution is 2.30. The molecule has 2 aromatic rings. The number of carbonyl (C=O) groups is 1. The smallest absolute Gasteiger partial charge is 0.317 e. The van der Waals surface area contributed by atoms with Crippen LogP contribution in [0, 0.1) is 0 Å². The molecule has 1 aliphatic heterocycles. The van der Waals surface area contributed by atoms with Crippen molar-refractivity contribution in [3.63, 3.8) is 0 Å². The van der Waals surface area contributed by atoms with Gasteiger partial charge in [0.1, 0.15) is 12.5 Å². The van der Waals surface area contributed by atoms with Crippen molar-refractivity contribution in [3.05, 3.63) is 48.2 Å². The molecule has 0 N–H and O–H groups in total. The summed E-state index contributed by atoms with van der Waals surface area (Å²) in [6.07, 6.45) is 5.83. The molecule has 0 radical (unpaired) electrons. The van der Waals surface area contributed by atoms with Crippen LogP contribution in [0.3, 0.4) is 0 Å². The number of aromatic nitrogens is 1. The minimum atomic E-state index is -0.269. The van der Waals surface area contributed by atoms with Gasteiger partial charge < -0.3 is 9.30 Å². The summed E-state index contributed by atoms with van der Waals surface area (Å²) in [5, 5.41) is 1.11. The highest BCUT2D eigenvalue weighted by molar-refractivity contribution is 5.91. The molecule has 1 atom stereocenters. The number of hydrogen-bond acceptors (Lipinski definition) is 2. The fourth-order valence-electron chi connectivity index (χ4n) is 2.34. The van der Waals surface area contributed by atoms with Crippen molar-refractivity contribution in [1.29, 1.82) is 0 Å². The molecule has 0 aliphatic carbocycles. The van der Waals surface area contributed by atoms with E-state index >= 15 is 0 Å². The Morgan fingerprint density at radius 1 is 1.35 bits per heavy atom. The second-order valence-electron chi connectivity index (χ2n) is 4.25. The third-order valence-electron chi connectivity index (χ3n) is 3.17. The predicted octanol–water partition coefficient (Wildman–Crippen LogP) is 2.37. The van der Waals surface area contributed by atoms with Crippen LogP contribution in [0.15, 0.2) is 42.6 Å². The first kappa shape index (κ1) is 10.1. The van der Waals surface area contributed by atoms with Gasteiger partial charge in [0.15, 0.2) is 0 Å². The lowest BCUT2D eigenvalue weighted by Gasteiger charge is -2.15. The highest BCUT2D eigenvalue weighted by Gasteiger charge is 2.24. The van der Waals surface area contributed by atoms with Crippen LogP contribution >= 0.6 is 0 Å². The summed E-state index contributed by atoms with van der Waals surface area (Å²) in [4.78, 5) is 11.8. The van der Waals surface area contributed by atoms with Crippen molar-refractivity contribution in [2.45, 2.75) is 5.92 Å². The molecule has 2 heterocycles. The van der Waals surface area contributed by atoms with Crippen molar-refractivity contribution < 1.29 is 9.53 Å². The van der Waals surface area contributed by atoms with Crippen LogP contribution in [0.1, 0.15) is 11.5 Å². The molecule has 1 unspecified atom stereocenters. The number of fused-ring (bicyclic) bond motifs is 1. The molecule has 1 aromatic heterocycles. The molecule has 0 spiro atoms. The highest BCUT2D eigenvalue weighted by atomic mass is 16.5. The van der Waals surface area contributed by atoms with E-state index in [4.69, 9.17) is 4.74 Å². The maximum absolute atomic E-state index is 11.8. The van der Waals surface area contributed by atoms with Crippen LogP contribution < -0.4 is 0 Å². The number of carbonyl (C=O) groups excluding carboxylic acids is 1. The van der Waals surface area contributed by atoms with Crippen LogP contribution in [0.25, 0.3) is 10.9 Å². The van der Waals surface area contributed by atoms with E-state index in [2.05, 4.69) is 6.07 Å². The Morgan fingerprint density at radius 3 is 3.00 bits per heavy atom. The molecule has 0 fully saturated rings. The summed E-state index contributed by atoms with van der Waals surface area (Å²) in [7, 11) is 1.99. The third-order valence-corrected chi connectivity index (χ3v) is 3.17. The Balaban J connectivity index is 2.20. The Hall–Kier alpha value is -2.03. The largest absolute Gasteiger partial charge is 0.461 e. The second kappa shape index (κ2) is 3.77. The summed E-state index contributed by atoms with van der Waals surface area (Å²) in [6.45, 7) is 0.389. The maximum Gasteiger partial charge on any atom is 0.317 e. The minimum Gasteiger partial charge on any atom is -0.461 e. The number of cyclic esters (lactones) is 1. The molecule has 3 heteroatoms. The van der Waals surface area contributed by atoms with Crippen LogP contribution in [0.2, 0.25) is 0 Å². The van der Waals surface area contributed by atoms with E-state index in [1.54, 1.807) is 0 Å². The van der Waals surface area contributed by atoms with Gasteiger partial charge in [0, 0.05) is 24.1 Å². The topological polar surface area (TPSA) is 31.2 Å². The van der Waals surface area contributed by atoms with Gasteiger partial charge in [-0.25, -0.2) is 0 Å². The molecule has 3 rings (SSSR count). The molecular formula is C14H13NO2. The van der Waals surface area contributed by atoms with Gasteiger partial charge in [-0.3, -0.25) is 4.79 Å². The van der Waals surface area contributed by atoms with Crippen LogP contribution in [-0.2, 0) is 16.6 Å². The van der Waals surface area contributed by atoms with E-state index < -0.39 is 0 Å². The van der Waals surface area contributed by atoms with E-state index in [-0.39, 0.29) is 11.9 Å². The molecule has 1 aromatic carbocycles. The van der Waals surface area contributed by atoms with Gasteiger partial charge in [-0.05, 0) is 11.6 Å². The summed E-state index contributed by atoms with van der Waals surface area (Å²) in [5.74, 6) is -0.432. The first-order valence-electron chi connectivity index (χ1n) is 5.64. The van der Waals surface area contributed by atoms with Gasteiger partial charge in [0.2, 0.25) is 0 Å². The van der Waals surface area contributed by atoms with Gasteiger partial charge in [0.25, 0.3) is 0 Å². The van der Waals surface area contributed by atoms with E-state index in [1.165, 1.54) is 0 Å². The summed E-state index contributed by atoms with van der Waals surface area (Å²) >= 11 is 0. The average molecular weight is 227 g/mol. The number of ether oxygens (including phenoxy) is 1. The van der Waals surface area contributed by atoms with E-state index in [0.29, 0.717) is 6.61 Å². The molecule has 0 bridgehead atoms. The number of para-hydroxylation sites is 1. The van der Waals surface area contributed by atoms with Gasteiger partial charge in [-0.15, -0.1) is 0 Å². The fourth-order valence-corrected chi connectivity index (χ4v) is 2.34. The maximum atomic E-state index is 11.8. The van der Waals surface area contributed by atoms with Crippen molar-refractivity contribution >= 4 is 16.9 Å². The number of rotatable bonds is 1. The number of benzene rings is 1.